The number of aromatic carboxylic acids is 1. The number of hydrogen-bond donors (Lipinski definition) is 6. The number of rotatable bonds is 10. The first kappa shape index (κ1) is 24.3. The largest absolute Gasteiger partial charge is 0.493 e. The number of aliphatic hydroxyl groups is 3. The van der Waals surface area contributed by atoms with Crippen molar-refractivity contribution in [3.63, 3.8) is 0 Å². The van der Waals surface area contributed by atoms with Gasteiger partial charge in [0.2, 0.25) is 0 Å². The zero-order chi connectivity index (χ0) is 23.3. The van der Waals surface area contributed by atoms with E-state index >= 15 is 0 Å². The summed E-state index contributed by atoms with van der Waals surface area (Å²) in [6.45, 7) is 1.59. The Bertz CT molecular complexity index is 795. The Kier molecular flexibility index (Phi) is 8.16. The van der Waals surface area contributed by atoms with Crippen molar-refractivity contribution in [1.29, 1.82) is 0 Å². The van der Waals surface area contributed by atoms with Gasteiger partial charge in [0.1, 0.15) is 29.8 Å². The average molecular weight is 444 g/mol. The lowest BCUT2D eigenvalue weighted by Gasteiger charge is -2.39. The normalized spacial score (nSPS) is 25.8. The second-order valence-corrected chi connectivity index (χ2v) is 7.01. The molecule has 1 saturated heterocycles. The standard InChI is InChI=1S/C19H24O12/c1-8-13(20)15(22)14(21)12(30-8)3-2-4-29-10-5-9(17(23)24)6-11(7-10)31-16(18(25)26)19(27)28/h5-8,12-16,20-22H,2-4H2,1H3,(H,23,24)(H,25,26)(H,27,28)/t8-,12-,13+,14+,15+/m0/s1. The van der Waals surface area contributed by atoms with Crippen LogP contribution >= 0.6 is 0 Å². The minimum absolute atomic E-state index is 0.00152. The molecule has 12 nitrogen and oxygen atoms in total. The van der Waals surface area contributed by atoms with Crippen LogP contribution < -0.4 is 9.47 Å². The first-order valence-corrected chi connectivity index (χ1v) is 9.34. The van der Waals surface area contributed by atoms with Gasteiger partial charge >= 0.3 is 17.9 Å². The van der Waals surface area contributed by atoms with Crippen LogP contribution in [0.15, 0.2) is 18.2 Å². The summed E-state index contributed by atoms with van der Waals surface area (Å²) in [5.74, 6) is -5.20. The summed E-state index contributed by atoms with van der Waals surface area (Å²) >= 11 is 0. The first-order valence-electron chi connectivity index (χ1n) is 9.34. The van der Waals surface area contributed by atoms with Gasteiger partial charge in [0, 0.05) is 6.07 Å². The van der Waals surface area contributed by atoms with E-state index in [-0.39, 0.29) is 30.1 Å². The number of carboxylic acids is 3. The Hall–Kier alpha value is -2.93. The molecule has 0 bridgehead atoms. The third-order valence-electron chi connectivity index (χ3n) is 4.68. The van der Waals surface area contributed by atoms with E-state index in [9.17, 15) is 34.8 Å². The van der Waals surface area contributed by atoms with Crippen molar-refractivity contribution >= 4 is 17.9 Å². The highest BCUT2D eigenvalue weighted by molar-refractivity contribution is 5.96. The van der Waals surface area contributed by atoms with Crippen molar-refractivity contribution in [3.05, 3.63) is 23.8 Å². The molecule has 1 aromatic rings. The summed E-state index contributed by atoms with van der Waals surface area (Å²) in [5.41, 5.74) is -0.306. The van der Waals surface area contributed by atoms with Crippen LogP contribution in [-0.2, 0) is 14.3 Å². The fourth-order valence-electron chi connectivity index (χ4n) is 3.04. The second kappa shape index (κ2) is 10.4. The molecule has 12 heteroatoms. The molecule has 1 aromatic carbocycles. The minimum Gasteiger partial charge on any atom is -0.493 e. The number of benzene rings is 1. The van der Waals surface area contributed by atoms with Crippen molar-refractivity contribution in [2.24, 2.45) is 0 Å². The van der Waals surface area contributed by atoms with Gasteiger partial charge in [0.25, 0.3) is 6.10 Å². The van der Waals surface area contributed by atoms with Crippen molar-refractivity contribution in [2.45, 2.75) is 56.4 Å². The van der Waals surface area contributed by atoms with E-state index in [2.05, 4.69) is 0 Å². The predicted octanol–water partition coefficient (Wildman–Crippen LogP) is -0.670. The highest BCUT2D eigenvalue weighted by Gasteiger charge is 2.41. The van der Waals surface area contributed by atoms with E-state index in [1.54, 1.807) is 6.92 Å². The predicted molar refractivity (Wildman–Crippen MR) is 100 cm³/mol. The van der Waals surface area contributed by atoms with Crippen molar-refractivity contribution in [3.8, 4) is 11.5 Å². The number of ether oxygens (including phenoxy) is 3. The number of aliphatic carboxylic acids is 2. The third-order valence-corrected chi connectivity index (χ3v) is 4.68. The molecule has 172 valence electrons. The fourth-order valence-corrected chi connectivity index (χ4v) is 3.04. The van der Waals surface area contributed by atoms with E-state index in [1.165, 1.54) is 0 Å². The zero-order valence-electron chi connectivity index (χ0n) is 16.5. The molecule has 0 aromatic heterocycles. The maximum Gasteiger partial charge on any atom is 0.356 e. The maximum atomic E-state index is 11.3. The van der Waals surface area contributed by atoms with Crippen LogP contribution in [0.25, 0.3) is 0 Å². The molecule has 5 atom stereocenters. The van der Waals surface area contributed by atoms with Gasteiger partial charge in [-0.05, 0) is 31.9 Å². The van der Waals surface area contributed by atoms with Crippen molar-refractivity contribution in [1.82, 2.24) is 0 Å². The van der Waals surface area contributed by atoms with E-state index in [1.807, 2.05) is 0 Å². The molecule has 2 rings (SSSR count). The lowest BCUT2D eigenvalue weighted by Crippen LogP contribution is -2.56. The van der Waals surface area contributed by atoms with E-state index < -0.39 is 54.5 Å². The first-order chi connectivity index (χ1) is 14.5. The number of carboxylic acid groups (broad SMARTS) is 3. The monoisotopic (exact) mass is 444 g/mol. The maximum absolute atomic E-state index is 11.3. The van der Waals surface area contributed by atoms with E-state index in [4.69, 9.17) is 24.4 Å². The van der Waals surface area contributed by atoms with Crippen LogP contribution in [0.2, 0.25) is 0 Å². The second-order valence-electron chi connectivity index (χ2n) is 7.01. The van der Waals surface area contributed by atoms with Gasteiger partial charge in [-0.1, -0.05) is 0 Å². The van der Waals surface area contributed by atoms with Crippen molar-refractivity contribution < 1.29 is 59.2 Å². The van der Waals surface area contributed by atoms with E-state index in [0.717, 1.165) is 18.2 Å². The summed E-state index contributed by atoms with van der Waals surface area (Å²) in [4.78, 5) is 33.3. The molecule has 0 saturated carbocycles. The highest BCUT2D eigenvalue weighted by Crippen LogP contribution is 2.26. The lowest BCUT2D eigenvalue weighted by atomic mass is 9.93. The number of hydrogen-bond acceptors (Lipinski definition) is 9. The Balaban J connectivity index is 2.01. The van der Waals surface area contributed by atoms with Crippen LogP contribution in [0, 0.1) is 0 Å². The zero-order valence-corrected chi connectivity index (χ0v) is 16.5. The summed E-state index contributed by atoms with van der Waals surface area (Å²) in [6.07, 6.45) is -6.91. The average Bonchev–Trinajstić information content (AvgIpc) is 2.70. The van der Waals surface area contributed by atoms with Crippen LogP contribution in [0.4, 0.5) is 0 Å². The summed E-state index contributed by atoms with van der Waals surface area (Å²) in [7, 11) is 0. The molecule has 1 fully saturated rings. The van der Waals surface area contributed by atoms with Crippen LogP contribution in [0.3, 0.4) is 0 Å². The van der Waals surface area contributed by atoms with E-state index in [0.29, 0.717) is 6.42 Å². The Morgan fingerprint density at radius 1 is 0.968 bits per heavy atom. The Morgan fingerprint density at radius 3 is 2.16 bits per heavy atom. The molecular formula is C19H24O12. The quantitative estimate of drug-likeness (QED) is 0.197. The molecule has 31 heavy (non-hydrogen) atoms. The van der Waals surface area contributed by atoms with Gasteiger partial charge in [-0.15, -0.1) is 0 Å². The van der Waals surface area contributed by atoms with Crippen LogP contribution in [0.5, 0.6) is 11.5 Å². The Labute approximate surface area is 176 Å². The molecule has 1 aliphatic heterocycles. The van der Waals surface area contributed by atoms with Crippen LogP contribution in [0.1, 0.15) is 30.1 Å². The molecular weight excluding hydrogens is 420 g/mol. The molecule has 0 spiro atoms. The topological polar surface area (TPSA) is 200 Å². The smallest absolute Gasteiger partial charge is 0.356 e. The van der Waals surface area contributed by atoms with Gasteiger partial charge in [-0.2, -0.15) is 0 Å². The molecule has 1 heterocycles. The summed E-state index contributed by atoms with van der Waals surface area (Å²) in [6, 6.07) is 3.27. The molecule has 0 radical (unpaired) electrons. The molecule has 0 unspecified atom stereocenters. The lowest BCUT2D eigenvalue weighted by molar-refractivity contribution is -0.218. The fraction of sp³-hybridized carbons (Fsp3) is 0.526. The molecule has 6 N–H and O–H groups in total. The van der Waals surface area contributed by atoms with Gasteiger partial charge < -0.3 is 44.8 Å². The van der Waals surface area contributed by atoms with Gasteiger partial charge in [0.05, 0.1) is 24.4 Å². The molecule has 0 amide bonds. The third kappa shape index (κ3) is 6.28. The molecule has 0 aliphatic carbocycles. The number of carbonyl (C=O) groups is 3. The summed E-state index contributed by atoms with van der Waals surface area (Å²) in [5, 5.41) is 56.5. The SMILES string of the molecule is C[C@@H]1O[C@@H](CCCOc2cc(OC(C(=O)O)C(=O)O)cc(C(=O)O)c2)[C@@H](O)[C@H](O)[C@@H]1O. The van der Waals surface area contributed by atoms with Crippen molar-refractivity contribution in [2.75, 3.05) is 6.61 Å². The van der Waals surface area contributed by atoms with Crippen LogP contribution in [-0.4, -0.2) is 91.8 Å². The van der Waals surface area contributed by atoms with Gasteiger partial charge in [-0.3, -0.25) is 0 Å². The van der Waals surface area contributed by atoms with Gasteiger partial charge in [0.15, 0.2) is 0 Å². The van der Waals surface area contributed by atoms with Gasteiger partial charge in [-0.25, -0.2) is 14.4 Å². The summed E-state index contributed by atoms with van der Waals surface area (Å²) < 4.78 is 15.8. The Morgan fingerprint density at radius 2 is 1.58 bits per heavy atom. The highest BCUT2D eigenvalue weighted by atomic mass is 16.5. The number of aliphatic hydroxyl groups excluding tert-OH is 3. The molecule has 1 aliphatic rings. The minimum atomic E-state index is -2.23.